The van der Waals surface area contributed by atoms with Crippen LogP contribution >= 0.6 is 0 Å². The van der Waals surface area contributed by atoms with E-state index in [0.29, 0.717) is 5.92 Å². The average molecular weight is 168 g/mol. The zero-order valence-electron chi connectivity index (χ0n) is 8.09. The fourth-order valence-corrected chi connectivity index (χ4v) is 2.31. The van der Waals surface area contributed by atoms with Gasteiger partial charge in [-0.25, -0.2) is 0 Å². The molecule has 70 valence electrons. The molecule has 1 rings (SSSR count). The molecule has 12 heavy (non-hydrogen) atoms. The molecule has 0 aliphatic heterocycles. The predicted octanol–water partition coefficient (Wildman–Crippen LogP) is 3.18. The molecule has 0 spiro atoms. The van der Waals surface area contributed by atoms with Crippen molar-refractivity contribution < 1.29 is 4.79 Å². The van der Waals surface area contributed by atoms with Crippen molar-refractivity contribution >= 4 is 6.29 Å². The Kier molecular flexibility index (Phi) is 4.34. The molecule has 0 amide bonds. The van der Waals surface area contributed by atoms with Gasteiger partial charge in [-0.05, 0) is 25.2 Å². The zero-order chi connectivity index (χ0) is 8.81. The summed E-state index contributed by atoms with van der Waals surface area (Å²) in [4.78, 5) is 10.8. The van der Waals surface area contributed by atoms with E-state index in [-0.39, 0.29) is 0 Å². The maximum Gasteiger partial charge on any atom is 0.123 e. The maximum absolute atomic E-state index is 10.8. The highest BCUT2D eigenvalue weighted by atomic mass is 16.1. The average Bonchev–Trinajstić information content (AvgIpc) is 2.15. The second-order valence-corrected chi connectivity index (χ2v) is 3.99. The summed E-state index contributed by atoms with van der Waals surface area (Å²) >= 11 is 0. The fraction of sp³-hybridized carbons (Fsp3) is 0.909. The van der Waals surface area contributed by atoms with Crippen LogP contribution < -0.4 is 0 Å². The molecular weight excluding hydrogens is 148 g/mol. The Morgan fingerprint density at radius 3 is 2.50 bits per heavy atom. The standard InChI is InChI=1S/C11H20O/c1-2-6-11(9-12)10-7-4-3-5-8-10/h9-11H,2-8H2,1H3. The first kappa shape index (κ1) is 9.76. The first-order valence-corrected chi connectivity index (χ1v) is 5.33. The first-order chi connectivity index (χ1) is 5.88. The SMILES string of the molecule is CCCC(C=O)C1CCCCC1. The van der Waals surface area contributed by atoms with Crippen LogP contribution in [0.2, 0.25) is 0 Å². The Balaban J connectivity index is 2.34. The van der Waals surface area contributed by atoms with Gasteiger partial charge in [0.05, 0.1) is 0 Å². The zero-order valence-corrected chi connectivity index (χ0v) is 8.09. The molecule has 0 radical (unpaired) electrons. The third-order valence-corrected chi connectivity index (χ3v) is 3.05. The normalized spacial score (nSPS) is 22.1. The minimum atomic E-state index is 0.371. The maximum atomic E-state index is 10.8. The summed E-state index contributed by atoms with van der Waals surface area (Å²) in [5, 5.41) is 0. The summed E-state index contributed by atoms with van der Waals surface area (Å²) in [7, 11) is 0. The van der Waals surface area contributed by atoms with Crippen molar-refractivity contribution in [2.75, 3.05) is 0 Å². The van der Waals surface area contributed by atoms with Crippen LogP contribution in [0.15, 0.2) is 0 Å². The highest BCUT2D eigenvalue weighted by Crippen LogP contribution is 2.31. The van der Waals surface area contributed by atoms with Gasteiger partial charge in [0.25, 0.3) is 0 Å². The predicted molar refractivity (Wildman–Crippen MR) is 51.0 cm³/mol. The molecule has 1 aliphatic carbocycles. The van der Waals surface area contributed by atoms with Gasteiger partial charge in [0, 0.05) is 5.92 Å². The van der Waals surface area contributed by atoms with Crippen LogP contribution in [-0.2, 0) is 4.79 Å². The number of aldehydes is 1. The quantitative estimate of drug-likeness (QED) is 0.589. The Hall–Kier alpha value is -0.330. The lowest BCUT2D eigenvalue weighted by Gasteiger charge is -2.26. The lowest BCUT2D eigenvalue weighted by Crippen LogP contribution is -2.18. The van der Waals surface area contributed by atoms with E-state index in [4.69, 9.17) is 0 Å². The molecule has 0 aromatic rings. The van der Waals surface area contributed by atoms with Crippen molar-refractivity contribution in [2.45, 2.75) is 51.9 Å². The van der Waals surface area contributed by atoms with Crippen LogP contribution in [0.1, 0.15) is 51.9 Å². The molecule has 0 aromatic heterocycles. The molecule has 1 atom stereocenters. The van der Waals surface area contributed by atoms with Crippen molar-refractivity contribution in [3.63, 3.8) is 0 Å². The van der Waals surface area contributed by atoms with Crippen molar-refractivity contribution in [2.24, 2.45) is 11.8 Å². The summed E-state index contributed by atoms with van der Waals surface area (Å²) in [6.45, 7) is 2.17. The van der Waals surface area contributed by atoms with Gasteiger partial charge in [0.15, 0.2) is 0 Å². The van der Waals surface area contributed by atoms with E-state index in [1.807, 2.05) is 0 Å². The fourth-order valence-electron chi connectivity index (χ4n) is 2.31. The smallest absolute Gasteiger partial charge is 0.123 e. The van der Waals surface area contributed by atoms with Crippen molar-refractivity contribution in [3.05, 3.63) is 0 Å². The van der Waals surface area contributed by atoms with Crippen molar-refractivity contribution in [1.29, 1.82) is 0 Å². The van der Waals surface area contributed by atoms with E-state index in [2.05, 4.69) is 6.92 Å². The van der Waals surface area contributed by atoms with Crippen LogP contribution in [0, 0.1) is 11.8 Å². The number of carbonyl (C=O) groups is 1. The van der Waals surface area contributed by atoms with E-state index >= 15 is 0 Å². The highest BCUT2D eigenvalue weighted by Gasteiger charge is 2.21. The van der Waals surface area contributed by atoms with E-state index in [0.717, 1.165) is 18.8 Å². The van der Waals surface area contributed by atoms with Crippen LogP contribution in [-0.4, -0.2) is 6.29 Å². The summed E-state index contributed by atoms with van der Waals surface area (Å²) in [5.41, 5.74) is 0. The highest BCUT2D eigenvalue weighted by molar-refractivity contribution is 5.53. The largest absolute Gasteiger partial charge is 0.303 e. The van der Waals surface area contributed by atoms with E-state index in [1.54, 1.807) is 0 Å². The van der Waals surface area contributed by atoms with Crippen LogP contribution in [0.5, 0.6) is 0 Å². The molecule has 1 fully saturated rings. The van der Waals surface area contributed by atoms with Gasteiger partial charge in [-0.2, -0.15) is 0 Å². The molecule has 1 aliphatic rings. The second kappa shape index (κ2) is 5.34. The van der Waals surface area contributed by atoms with Crippen molar-refractivity contribution in [1.82, 2.24) is 0 Å². The van der Waals surface area contributed by atoms with Crippen molar-refractivity contribution in [3.8, 4) is 0 Å². The third-order valence-electron chi connectivity index (χ3n) is 3.05. The topological polar surface area (TPSA) is 17.1 Å². The Bertz CT molecular complexity index is 125. The molecule has 0 aromatic carbocycles. The molecule has 1 nitrogen and oxygen atoms in total. The minimum absolute atomic E-state index is 0.371. The Morgan fingerprint density at radius 2 is 2.00 bits per heavy atom. The van der Waals surface area contributed by atoms with Crippen LogP contribution in [0.4, 0.5) is 0 Å². The first-order valence-electron chi connectivity index (χ1n) is 5.33. The van der Waals surface area contributed by atoms with Gasteiger partial charge in [0.2, 0.25) is 0 Å². The second-order valence-electron chi connectivity index (χ2n) is 3.99. The lowest BCUT2D eigenvalue weighted by atomic mass is 9.79. The van der Waals surface area contributed by atoms with Gasteiger partial charge >= 0.3 is 0 Å². The summed E-state index contributed by atoms with van der Waals surface area (Å²) < 4.78 is 0. The number of rotatable bonds is 4. The van der Waals surface area contributed by atoms with E-state index in [9.17, 15) is 4.79 Å². The molecule has 0 N–H and O–H groups in total. The third kappa shape index (κ3) is 2.62. The van der Waals surface area contributed by atoms with Gasteiger partial charge in [0.1, 0.15) is 6.29 Å². The van der Waals surface area contributed by atoms with Gasteiger partial charge in [-0.15, -0.1) is 0 Å². The Morgan fingerprint density at radius 1 is 1.33 bits per heavy atom. The van der Waals surface area contributed by atoms with Gasteiger partial charge in [-0.1, -0.05) is 32.6 Å². The number of hydrogen-bond donors (Lipinski definition) is 0. The summed E-state index contributed by atoms with van der Waals surface area (Å²) in [6.07, 6.45) is 10.1. The molecule has 0 bridgehead atoms. The lowest BCUT2D eigenvalue weighted by molar-refractivity contribution is -0.113. The molecular formula is C11H20O. The Labute approximate surface area is 75.5 Å². The van der Waals surface area contributed by atoms with E-state index in [1.165, 1.54) is 38.4 Å². The molecule has 1 heteroatoms. The molecule has 1 saturated carbocycles. The number of carbonyl (C=O) groups excluding carboxylic acids is 1. The summed E-state index contributed by atoms with van der Waals surface area (Å²) in [6, 6.07) is 0. The van der Waals surface area contributed by atoms with Crippen LogP contribution in [0.25, 0.3) is 0 Å². The van der Waals surface area contributed by atoms with Gasteiger partial charge < -0.3 is 4.79 Å². The van der Waals surface area contributed by atoms with Gasteiger partial charge in [-0.3, -0.25) is 0 Å². The monoisotopic (exact) mass is 168 g/mol. The van der Waals surface area contributed by atoms with E-state index < -0.39 is 0 Å². The van der Waals surface area contributed by atoms with Crippen LogP contribution in [0.3, 0.4) is 0 Å². The number of hydrogen-bond acceptors (Lipinski definition) is 1. The molecule has 0 saturated heterocycles. The minimum Gasteiger partial charge on any atom is -0.303 e. The molecule has 1 unspecified atom stereocenters. The summed E-state index contributed by atoms with van der Waals surface area (Å²) in [5.74, 6) is 1.09. The molecule has 0 heterocycles.